The average Bonchev–Trinajstić information content (AvgIpc) is 3.32. The van der Waals surface area contributed by atoms with E-state index in [-0.39, 0.29) is 5.91 Å². The number of ether oxygens (including phenoxy) is 1. The number of nitrogens with zero attached hydrogens (tertiary/aromatic N) is 3. The molecular weight excluding hydrogens is 314 g/mol. The van der Waals surface area contributed by atoms with E-state index in [1.165, 1.54) is 0 Å². The Morgan fingerprint density at radius 1 is 1.52 bits per heavy atom. The lowest BCUT2D eigenvalue weighted by Crippen LogP contribution is -2.35. The monoisotopic (exact) mass is 335 g/mol. The molecule has 0 spiro atoms. The molecular formula is C16H21N3O3S. The van der Waals surface area contributed by atoms with Crippen LogP contribution in [0.5, 0.6) is 0 Å². The van der Waals surface area contributed by atoms with E-state index in [0.29, 0.717) is 30.5 Å². The molecule has 1 amide bonds. The van der Waals surface area contributed by atoms with Crippen LogP contribution in [-0.4, -0.2) is 47.3 Å². The minimum atomic E-state index is 0.135. The average molecular weight is 335 g/mol. The Morgan fingerprint density at radius 2 is 2.43 bits per heavy atom. The molecule has 2 aromatic heterocycles. The molecule has 0 aliphatic carbocycles. The van der Waals surface area contributed by atoms with Gasteiger partial charge in [0.2, 0.25) is 17.6 Å². The smallest absolute Gasteiger partial charge is 0.227 e. The van der Waals surface area contributed by atoms with Crippen LogP contribution in [0.3, 0.4) is 0 Å². The lowest BCUT2D eigenvalue weighted by atomic mass is 10.1. The van der Waals surface area contributed by atoms with Crippen molar-refractivity contribution in [2.75, 3.05) is 26.3 Å². The topological polar surface area (TPSA) is 68.5 Å². The number of carbonyl (C=O) groups excluding carboxylic acids is 1. The number of carbonyl (C=O) groups is 1. The van der Waals surface area contributed by atoms with Gasteiger partial charge in [-0.3, -0.25) is 4.79 Å². The molecule has 1 saturated heterocycles. The van der Waals surface area contributed by atoms with E-state index in [0.717, 1.165) is 37.6 Å². The van der Waals surface area contributed by atoms with Crippen molar-refractivity contribution in [3.05, 3.63) is 23.4 Å². The van der Waals surface area contributed by atoms with E-state index in [2.05, 4.69) is 10.1 Å². The van der Waals surface area contributed by atoms with Crippen molar-refractivity contribution in [2.24, 2.45) is 5.92 Å². The molecule has 3 rings (SSSR count). The summed E-state index contributed by atoms with van der Waals surface area (Å²) in [6.07, 6.45) is 1.92. The molecule has 0 unspecified atom stereocenters. The van der Waals surface area contributed by atoms with Gasteiger partial charge in [0.05, 0.1) is 11.5 Å². The van der Waals surface area contributed by atoms with E-state index in [1.54, 1.807) is 11.3 Å². The first-order valence-electron chi connectivity index (χ1n) is 7.98. The summed E-state index contributed by atoms with van der Waals surface area (Å²) in [5.74, 6) is 1.71. The molecule has 1 atom stereocenters. The number of hydrogen-bond donors (Lipinski definition) is 0. The van der Waals surface area contributed by atoms with E-state index in [9.17, 15) is 4.79 Å². The van der Waals surface area contributed by atoms with Crippen LogP contribution in [0.15, 0.2) is 22.0 Å². The second-order valence-electron chi connectivity index (χ2n) is 5.65. The molecule has 1 fully saturated rings. The summed E-state index contributed by atoms with van der Waals surface area (Å²) >= 11 is 1.57. The van der Waals surface area contributed by atoms with Crippen molar-refractivity contribution in [2.45, 2.75) is 26.2 Å². The Morgan fingerprint density at radius 3 is 3.13 bits per heavy atom. The van der Waals surface area contributed by atoms with Gasteiger partial charge < -0.3 is 14.2 Å². The number of aryl methyl sites for hydroxylation is 1. The number of rotatable bonds is 7. The first-order chi connectivity index (χ1) is 11.3. The van der Waals surface area contributed by atoms with Crippen molar-refractivity contribution < 1.29 is 14.1 Å². The largest absolute Gasteiger partial charge is 0.381 e. The zero-order chi connectivity index (χ0) is 16.1. The van der Waals surface area contributed by atoms with Gasteiger partial charge in [-0.25, -0.2) is 0 Å². The highest BCUT2D eigenvalue weighted by atomic mass is 32.1. The summed E-state index contributed by atoms with van der Waals surface area (Å²) in [4.78, 5) is 19.6. The number of aromatic nitrogens is 2. The van der Waals surface area contributed by atoms with Gasteiger partial charge in [0, 0.05) is 38.5 Å². The minimum absolute atomic E-state index is 0.135. The molecule has 2 aromatic rings. The van der Waals surface area contributed by atoms with Crippen LogP contribution in [0.1, 0.15) is 25.7 Å². The maximum atomic E-state index is 12.4. The fourth-order valence-corrected chi connectivity index (χ4v) is 3.33. The number of thiophene rings is 1. The minimum Gasteiger partial charge on any atom is -0.381 e. The Hall–Kier alpha value is -1.73. The highest BCUT2D eigenvalue weighted by Gasteiger charge is 2.22. The first-order valence-corrected chi connectivity index (χ1v) is 8.86. The van der Waals surface area contributed by atoms with Gasteiger partial charge in [-0.1, -0.05) is 11.2 Å². The maximum Gasteiger partial charge on any atom is 0.227 e. The van der Waals surface area contributed by atoms with Crippen molar-refractivity contribution in [1.29, 1.82) is 0 Å². The lowest BCUT2D eigenvalue weighted by Gasteiger charge is -2.23. The third kappa shape index (κ3) is 4.17. The summed E-state index contributed by atoms with van der Waals surface area (Å²) < 4.78 is 10.6. The van der Waals surface area contributed by atoms with Crippen molar-refractivity contribution in [1.82, 2.24) is 15.0 Å². The maximum absolute atomic E-state index is 12.4. The van der Waals surface area contributed by atoms with E-state index < -0.39 is 0 Å². The highest BCUT2D eigenvalue weighted by Crippen LogP contribution is 2.21. The van der Waals surface area contributed by atoms with Crippen molar-refractivity contribution in [3.63, 3.8) is 0 Å². The van der Waals surface area contributed by atoms with Crippen molar-refractivity contribution >= 4 is 17.2 Å². The normalized spacial score (nSPS) is 17.5. The summed E-state index contributed by atoms with van der Waals surface area (Å²) in [7, 11) is 0. The Bertz CT molecular complexity index is 620. The molecule has 0 N–H and O–H groups in total. The zero-order valence-corrected chi connectivity index (χ0v) is 14.1. The van der Waals surface area contributed by atoms with Gasteiger partial charge in [-0.2, -0.15) is 4.98 Å². The van der Waals surface area contributed by atoms with Crippen molar-refractivity contribution in [3.8, 4) is 10.7 Å². The molecule has 0 radical (unpaired) electrons. The lowest BCUT2D eigenvalue weighted by molar-refractivity contribution is -0.131. The zero-order valence-electron chi connectivity index (χ0n) is 13.2. The van der Waals surface area contributed by atoms with E-state index in [4.69, 9.17) is 9.26 Å². The molecule has 0 aromatic carbocycles. The molecule has 3 heterocycles. The third-order valence-electron chi connectivity index (χ3n) is 4.00. The Kier molecular flexibility index (Phi) is 5.40. The first kappa shape index (κ1) is 16.1. The molecule has 23 heavy (non-hydrogen) atoms. The Balaban J connectivity index is 1.51. The Labute approximate surface area is 139 Å². The predicted octanol–water partition coefficient (Wildman–Crippen LogP) is 2.62. The molecule has 7 heteroatoms. The fourth-order valence-electron chi connectivity index (χ4n) is 2.68. The molecule has 1 aliphatic rings. The van der Waals surface area contributed by atoms with Crippen LogP contribution in [-0.2, 0) is 16.0 Å². The molecule has 0 saturated carbocycles. The van der Waals surface area contributed by atoms with Crippen LogP contribution in [0.2, 0.25) is 0 Å². The highest BCUT2D eigenvalue weighted by molar-refractivity contribution is 7.13. The van der Waals surface area contributed by atoms with Crippen LogP contribution < -0.4 is 0 Å². The second-order valence-corrected chi connectivity index (χ2v) is 6.60. The number of hydrogen-bond acceptors (Lipinski definition) is 6. The van der Waals surface area contributed by atoms with Crippen LogP contribution in [0.4, 0.5) is 0 Å². The van der Waals surface area contributed by atoms with E-state index in [1.807, 2.05) is 29.3 Å². The van der Waals surface area contributed by atoms with Gasteiger partial charge in [0.15, 0.2) is 0 Å². The van der Waals surface area contributed by atoms with Gasteiger partial charge in [0.25, 0.3) is 0 Å². The molecule has 6 nitrogen and oxygen atoms in total. The molecule has 1 aliphatic heterocycles. The number of amides is 1. The SMILES string of the molecule is CCN(C[C@H]1CCOC1)C(=O)CCc1nc(-c2cccs2)no1. The van der Waals surface area contributed by atoms with Gasteiger partial charge in [-0.05, 0) is 24.8 Å². The second kappa shape index (κ2) is 7.70. The van der Waals surface area contributed by atoms with Crippen LogP contribution >= 0.6 is 11.3 Å². The molecule has 0 bridgehead atoms. The third-order valence-corrected chi connectivity index (χ3v) is 4.87. The summed E-state index contributed by atoms with van der Waals surface area (Å²) in [6, 6.07) is 3.90. The predicted molar refractivity (Wildman–Crippen MR) is 87.1 cm³/mol. The summed E-state index contributed by atoms with van der Waals surface area (Å²) in [5, 5.41) is 5.94. The quantitative estimate of drug-likeness (QED) is 0.778. The molecule has 124 valence electrons. The fraction of sp³-hybridized carbons (Fsp3) is 0.562. The van der Waals surface area contributed by atoms with Crippen LogP contribution in [0.25, 0.3) is 10.7 Å². The summed E-state index contributed by atoms with van der Waals surface area (Å²) in [5.41, 5.74) is 0. The van der Waals surface area contributed by atoms with E-state index >= 15 is 0 Å². The summed E-state index contributed by atoms with van der Waals surface area (Å²) in [6.45, 7) is 5.08. The van der Waals surface area contributed by atoms with Crippen LogP contribution in [0, 0.1) is 5.92 Å². The standard InChI is InChI=1S/C16H21N3O3S/c1-2-19(10-12-7-8-21-11-12)15(20)6-5-14-17-16(18-22-14)13-4-3-9-23-13/h3-4,9,12H,2,5-8,10-11H2,1H3/t12-/m1/s1. The van der Waals surface area contributed by atoms with Gasteiger partial charge in [-0.15, -0.1) is 11.3 Å². The van der Waals surface area contributed by atoms with Gasteiger partial charge >= 0.3 is 0 Å². The van der Waals surface area contributed by atoms with Gasteiger partial charge in [0.1, 0.15) is 0 Å².